The van der Waals surface area contributed by atoms with Gasteiger partial charge < -0.3 is 10.2 Å². The van der Waals surface area contributed by atoms with Gasteiger partial charge in [-0.2, -0.15) is 4.68 Å². The summed E-state index contributed by atoms with van der Waals surface area (Å²) in [5.41, 5.74) is 0.639. The van der Waals surface area contributed by atoms with Crippen LogP contribution in [0.25, 0.3) is 5.69 Å². The van der Waals surface area contributed by atoms with Crippen molar-refractivity contribution in [2.24, 2.45) is 0 Å². The Balaban J connectivity index is 1.76. The van der Waals surface area contributed by atoms with Crippen LogP contribution in [-0.4, -0.2) is 38.2 Å². The minimum absolute atomic E-state index is 0.0745. The topological polar surface area (TPSA) is 75.9 Å². The van der Waals surface area contributed by atoms with Gasteiger partial charge in [-0.15, -0.1) is 16.4 Å². The quantitative estimate of drug-likeness (QED) is 0.788. The summed E-state index contributed by atoms with van der Waals surface area (Å²) in [6, 6.07) is 7.78. The first kappa shape index (κ1) is 16.1. The maximum atomic E-state index is 14.0. The van der Waals surface area contributed by atoms with Crippen LogP contribution >= 0.6 is 11.3 Å². The average Bonchev–Trinajstić information content (AvgIpc) is 3.21. The maximum Gasteiger partial charge on any atom is 0.321 e. The Bertz CT molecular complexity index is 848. The molecule has 2 amide bonds. The van der Waals surface area contributed by atoms with Crippen LogP contribution in [-0.2, 0) is 6.54 Å². The fourth-order valence-electron chi connectivity index (χ4n) is 2.13. The van der Waals surface area contributed by atoms with Gasteiger partial charge in [0.2, 0.25) is 0 Å². The molecule has 2 aromatic heterocycles. The van der Waals surface area contributed by atoms with E-state index in [2.05, 4.69) is 20.8 Å². The molecule has 0 spiro atoms. The third kappa shape index (κ3) is 3.40. The Kier molecular flexibility index (Phi) is 4.52. The van der Waals surface area contributed by atoms with E-state index in [1.807, 2.05) is 17.5 Å². The van der Waals surface area contributed by atoms with E-state index >= 15 is 0 Å². The molecular weight excluding hydrogens is 331 g/mol. The molecule has 0 atom stereocenters. The number of thiophene rings is 1. The van der Waals surface area contributed by atoms with E-state index < -0.39 is 11.8 Å². The minimum atomic E-state index is -0.526. The molecule has 1 aromatic carbocycles. The molecule has 2 heterocycles. The number of amides is 2. The molecule has 0 aliphatic heterocycles. The molecule has 0 fully saturated rings. The number of rotatable bonds is 4. The lowest BCUT2D eigenvalue weighted by molar-refractivity contribution is 0.221. The van der Waals surface area contributed by atoms with E-state index in [1.54, 1.807) is 31.4 Å². The molecule has 0 aliphatic rings. The van der Waals surface area contributed by atoms with Crippen LogP contribution in [0.2, 0.25) is 0 Å². The highest BCUT2D eigenvalue weighted by atomic mass is 32.1. The van der Waals surface area contributed by atoms with Gasteiger partial charge in [0, 0.05) is 11.9 Å². The summed E-state index contributed by atoms with van der Waals surface area (Å²) in [6.07, 6.45) is 0. The van der Waals surface area contributed by atoms with Crippen LogP contribution < -0.4 is 5.32 Å². The van der Waals surface area contributed by atoms with Crippen molar-refractivity contribution in [2.75, 3.05) is 12.4 Å². The number of anilines is 1. The first-order chi connectivity index (χ1) is 11.5. The summed E-state index contributed by atoms with van der Waals surface area (Å²) in [4.78, 5) is 14.8. The van der Waals surface area contributed by atoms with E-state index in [1.165, 1.54) is 21.7 Å². The second kappa shape index (κ2) is 6.75. The third-order valence-corrected chi connectivity index (χ3v) is 4.24. The van der Waals surface area contributed by atoms with Crippen molar-refractivity contribution in [3.8, 4) is 5.69 Å². The van der Waals surface area contributed by atoms with Crippen molar-refractivity contribution >= 4 is 23.1 Å². The molecule has 3 aromatic rings. The first-order valence-electron chi connectivity index (χ1n) is 7.14. The lowest BCUT2D eigenvalue weighted by Gasteiger charge is -2.17. The Morgan fingerprint density at radius 1 is 1.42 bits per heavy atom. The van der Waals surface area contributed by atoms with Crippen LogP contribution in [0, 0.1) is 12.7 Å². The molecule has 7 nitrogen and oxygen atoms in total. The maximum absolute atomic E-state index is 14.0. The molecule has 0 saturated carbocycles. The van der Waals surface area contributed by atoms with Gasteiger partial charge in [-0.05, 0) is 47.0 Å². The number of carbonyl (C=O) groups excluding carboxylic acids is 1. The Labute approximate surface area is 141 Å². The average molecular weight is 346 g/mol. The molecule has 0 aliphatic carbocycles. The molecule has 0 saturated heterocycles. The number of benzene rings is 1. The van der Waals surface area contributed by atoms with E-state index in [4.69, 9.17) is 0 Å². The number of aryl methyl sites for hydroxylation is 1. The molecular formula is C15H15FN6OS. The van der Waals surface area contributed by atoms with Crippen molar-refractivity contribution in [1.29, 1.82) is 0 Å². The summed E-state index contributed by atoms with van der Waals surface area (Å²) in [5, 5.41) is 15.7. The van der Waals surface area contributed by atoms with E-state index in [0.717, 1.165) is 4.88 Å². The highest BCUT2D eigenvalue weighted by Crippen LogP contribution is 2.20. The molecule has 1 N–H and O–H groups in total. The van der Waals surface area contributed by atoms with Crippen molar-refractivity contribution in [2.45, 2.75) is 13.5 Å². The predicted molar refractivity (Wildman–Crippen MR) is 88.7 cm³/mol. The number of nitrogens with zero attached hydrogens (tertiary/aromatic N) is 5. The molecule has 0 unspecified atom stereocenters. The zero-order valence-electron chi connectivity index (χ0n) is 13.1. The van der Waals surface area contributed by atoms with E-state index in [9.17, 15) is 9.18 Å². The van der Waals surface area contributed by atoms with Crippen molar-refractivity contribution in [3.63, 3.8) is 0 Å². The van der Waals surface area contributed by atoms with Gasteiger partial charge in [0.25, 0.3) is 0 Å². The van der Waals surface area contributed by atoms with Crippen molar-refractivity contribution < 1.29 is 9.18 Å². The molecule has 24 heavy (non-hydrogen) atoms. The number of urea groups is 1. The van der Waals surface area contributed by atoms with Gasteiger partial charge in [-0.25, -0.2) is 9.18 Å². The van der Waals surface area contributed by atoms with E-state index in [0.29, 0.717) is 18.1 Å². The Morgan fingerprint density at radius 2 is 2.25 bits per heavy atom. The van der Waals surface area contributed by atoms with Gasteiger partial charge >= 0.3 is 6.03 Å². The normalized spacial score (nSPS) is 10.6. The molecule has 0 radical (unpaired) electrons. The Morgan fingerprint density at radius 3 is 2.92 bits per heavy atom. The van der Waals surface area contributed by atoms with Gasteiger partial charge in [0.05, 0.1) is 17.9 Å². The third-order valence-electron chi connectivity index (χ3n) is 3.38. The highest BCUT2D eigenvalue weighted by Gasteiger charge is 2.14. The molecule has 3 rings (SSSR count). The van der Waals surface area contributed by atoms with Crippen LogP contribution in [0.5, 0.6) is 0 Å². The van der Waals surface area contributed by atoms with Crippen LogP contribution in [0.15, 0.2) is 35.7 Å². The van der Waals surface area contributed by atoms with Crippen molar-refractivity contribution in [3.05, 3.63) is 52.2 Å². The first-order valence-corrected chi connectivity index (χ1v) is 8.02. The van der Waals surface area contributed by atoms with Gasteiger partial charge in [-0.3, -0.25) is 0 Å². The smallest absolute Gasteiger partial charge is 0.321 e. The zero-order valence-corrected chi connectivity index (χ0v) is 13.9. The monoisotopic (exact) mass is 346 g/mol. The Hall–Kier alpha value is -2.81. The van der Waals surface area contributed by atoms with Gasteiger partial charge in [0.1, 0.15) is 5.82 Å². The summed E-state index contributed by atoms with van der Waals surface area (Å²) in [7, 11) is 1.66. The van der Waals surface area contributed by atoms with Crippen LogP contribution in [0.3, 0.4) is 0 Å². The largest absolute Gasteiger partial charge is 0.322 e. The molecule has 0 bridgehead atoms. The number of nitrogens with one attached hydrogen (secondary N) is 1. The standard InChI is InChI=1S/C15H15FN6OS/c1-10-18-19-20-22(10)11-5-6-13(16)14(8-11)17-15(23)21(2)9-12-4-3-7-24-12/h3-8H,9H2,1-2H3,(H,17,23). The lowest BCUT2D eigenvalue weighted by Crippen LogP contribution is -2.30. The zero-order chi connectivity index (χ0) is 17.1. The highest BCUT2D eigenvalue weighted by molar-refractivity contribution is 7.09. The number of hydrogen-bond donors (Lipinski definition) is 1. The van der Waals surface area contributed by atoms with Crippen LogP contribution in [0.1, 0.15) is 10.7 Å². The summed E-state index contributed by atoms with van der Waals surface area (Å²) < 4.78 is 15.5. The molecule has 9 heteroatoms. The second-order valence-electron chi connectivity index (χ2n) is 5.17. The number of tetrazole rings is 1. The number of carbonyl (C=O) groups is 1. The molecule has 124 valence electrons. The van der Waals surface area contributed by atoms with Crippen molar-refractivity contribution in [1.82, 2.24) is 25.1 Å². The summed E-state index contributed by atoms with van der Waals surface area (Å²) in [6.45, 7) is 2.19. The predicted octanol–water partition coefficient (Wildman–Crippen LogP) is 2.84. The number of aromatic nitrogens is 4. The minimum Gasteiger partial charge on any atom is -0.322 e. The SMILES string of the molecule is Cc1nnnn1-c1ccc(F)c(NC(=O)N(C)Cc2cccs2)c1. The fraction of sp³-hybridized carbons (Fsp3) is 0.200. The van der Waals surface area contributed by atoms with Crippen LogP contribution in [0.4, 0.5) is 14.9 Å². The summed E-state index contributed by atoms with van der Waals surface area (Å²) in [5.74, 6) is 0.0380. The van der Waals surface area contributed by atoms with E-state index in [-0.39, 0.29) is 5.69 Å². The number of hydrogen-bond acceptors (Lipinski definition) is 5. The second-order valence-corrected chi connectivity index (χ2v) is 6.20. The number of halogens is 1. The van der Waals surface area contributed by atoms with Gasteiger partial charge in [0.15, 0.2) is 5.82 Å². The lowest BCUT2D eigenvalue weighted by atomic mass is 10.2. The summed E-state index contributed by atoms with van der Waals surface area (Å²) >= 11 is 1.56. The fourth-order valence-corrected chi connectivity index (χ4v) is 2.89. The van der Waals surface area contributed by atoms with Gasteiger partial charge in [-0.1, -0.05) is 6.07 Å².